The third-order valence-corrected chi connectivity index (χ3v) is 3.86. The van der Waals surface area contributed by atoms with E-state index in [1.165, 1.54) is 0 Å². The molecule has 0 unspecified atom stereocenters. The summed E-state index contributed by atoms with van der Waals surface area (Å²) < 4.78 is 16.8. The van der Waals surface area contributed by atoms with Gasteiger partial charge >= 0.3 is 6.09 Å². The summed E-state index contributed by atoms with van der Waals surface area (Å²) in [5, 5.41) is 6.09. The van der Waals surface area contributed by atoms with Crippen molar-refractivity contribution in [2.24, 2.45) is 5.41 Å². The normalized spacial score (nSPS) is 23.0. The van der Waals surface area contributed by atoms with Crippen LogP contribution in [-0.4, -0.2) is 50.8 Å². The number of nitrogens with one attached hydrogen (secondary N) is 2. The largest absolute Gasteiger partial charge is 0.444 e. The molecular weight excluding hydrogens is 272 g/mol. The second-order valence-electron chi connectivity index (χ2n) is 7.02. The topological polar surface area (TPSA) is 68.8 Å². The van der Waals surface area contributed by atoms with Crippen LogP contribution in [0.3, 0.4) is 0 Å². The molecule has 0 bridgehead atoms. The Morgan fingerprint density at radius 1 is 1.29 bits per heavy atom. The van der Waals surface area contributed by atoms with E-state index >= 15 is 0 Å². The number of alkyl carbamates (subject to hydrolysis) is 1. The van der Waals surface area contributed by atoms with E-state index in [1.54, 1.807) is 0 Å². The van der Waals surface area contributed by atoms with E-state index in [-0.39, 0.29) is 11.7 Å². The molecule has 2 rings (SSSR count). The first-order valence-corrected chi connectivity index (χ1v) is 7.79. The molecule has 2 saturated heterocycles. The quantitative estimate of drug-likeness (QED) is 0.829. The van der Waals surface area contributed by atoms with Crippen LogP contribution in [-0.2, 0) is 14.2 Å². The predicted molar refractivity (Wildman–Crippen MR) is 79.1 cm³/mol. The number of rotatable bonds is 3. The Morgan fingerprint density at radius 3 is 2.48 bits per heavy atom. The van der Waals surface area contributed by atoms with Crippen LogP contribution in [0.1, 0.15) is 40.0 Å². The van der Waals surface area contributed by atoms with Gasteiger partial charge in [0.2, 0.25) is 0 Å². The highest BCUT2D eigenvalue weighted by molar-refractivity contribution is 5.67. The van der Waals surface area contributed by atoms with E-state index in [0.29, 0.717) is 13.0 Å². The van der Waals surface area contributed by atoms with E-state index in [1.807, 2.05) is 20.8 Å². The van der Waals surface area contributed by atoms with Crippen molar-refractivity contribution in [1.29, 1.82) is 0 Å². The summed E-state index contributed by atoms with van der Waals surface area (Å²) >= 11 is 0. The molecule has 1 amide bonds. The van der Waals surface area contributed by atoms with Gasteiger partial charge in [-0.2, -0.15) is 0 Å². The van der Waals surface area contributed by atoms with E-state index in [9.17, 15) is 4.79 Å². The summed E-state index contributed by atoms with van der Waals surface area (Å²) in [5.74, 6) is 0. The molecule has 2 aliphatic rings. The summed E-state index contributed by atoms with van der Waals surface area (Å²) in [6, 6.07) is 0. The fraction of sp³-hybridized carbons (Fsp3) is 0.933. The molecule has 2 N–H and O–H groups in total. The van der Waals surface area contributed by atoms with Crippen LogP contribution < -0.4 is 10.6 Å². The Labute approximate surface area is 126 Å². The molecule has 6 heteroatoms. The first-order valence-electron chi connectivity index (χ1n) is 7.79. The van der Waals surface area contributed by atoms with Gasteiger partial charge in [-0.1, -0.05) is 0 Å². The number of ether oxygens (including phenoxy) is 3. The zero-order valence-corrected chi connectivity index (χ0v) is 13.4. The molecule has 2 heterocycles. The highest BCUT2D eigenvalue weighted by Gasteiger charge is 2.37. The average Bonchev–Trinajstić information content (AvgIpc) is 2.40. The number of amides is 1. The van der Waals surface area contributed by atoms with E-state index in [4.69, 9.17) is 14.2 Å². The highest BCUT2D eigenvalue weighted by atomic mass is 16.7. The van der Waals surface area contributed by atoms with Gasteiger partial charge in [-0.3, -0.25) is 0 Å². The molecule has 0 atom stereocenters. The van der Waals surface area contributed by atoms with Crippen LogP contribution in [0.2, 0.25) is 0 Å². The number of carbonyl (C=O) groups is 1. The Balaban J connectivity index is 1.62. The summed E-state index contributed by atoms with van der Waals surface area (Å²) in [5.41, 5.74) is -0.274. The Kier molecular flexibility index (Phi) is 5.46. The first-order chi connectivity index (χ1) is 9.89. The Bertz CT molecular complexity index is 338. The smallest absolute Gasteiger partial charge is 0.407 e. The van der Waals surface area contributed by atoms with Crippen molar-refractivity contribution >= 4 is 6.09 Å². The lowest BCUT2D eigenvalue weighted by Gasteiger charge is -2.42. The molecule has 0 aliphatic carbocycles. The minimum atomic E-state index is -0.469. The molecule has 0 radical (unpaired) electrons. The predicted octanol–water partition coefficient (Wildman–Crippen LogP) is 1.64. The monoisotopic (exact) mass is 300 g/mol. The summed E-state index contributed by atoms with van der Waals surface area (Å²) in [6.07, 6.45) is 2.24. The van der Waals surface area contributed by atoms with Gasteiger partial charge in [0.25, 0.3) is 0 Å². The number of hydrogen-bond donors (Lipinski definition) is 2. The molecule has 1 spiro atoms. The van der Waals surface area contributed by atoms with Crippen molar-refractivity contribution in [2.75, 3.05) is 32.8 Å². The number of carbonyl (C=O) groups excluding carboxylic acids is 1. The maximum atomic E-state index is 11.5. The van der Waals surface area contributed by atoms with Crippen LogP contribution in [0.25, 0.3) is 0 Å². The van der Waals surface area contributed by atoms with Crippen molar-refractivity contribution in [3.8, 4) is 0 Å². The second kappa shape index (κ2) is 6.94. The highest BCUT2D eigenvalue weighted by Crippen LogP contribution is 2.33. The van der Waals surface area contributed by atoms with Gasteiger partial charge in [-0.15, -0.1) is 0 Å². The molecule has 21 heavy (non-hydrogen) atoms. The summed E-state index contributed by atoms with van der Waals surface area (Å²) in [7, 11) is 0. The lowest BCUT2D eigenvalue weighted by Crippen LogP contribution is -2.48. The lowest BCUT2D eigenvalue weighted by molar-refractivity contribution is -0.235. The summed E-state index contributed by atoms with van der Waals surface area (Å²) in [4.78, 5) is 11.5. The molecular formula is C15H28N2O4. The zero-order chi connectivity index (χ0) is 15.3. The standard InChI is InChI=1S/C15H28N2O4/c1-14(2,3)21-13(18)17-7-4-12-19-10-15(11-20-12)5-8-16-9-6-15/h12,16H,4-11H2,1-3H3,(H,17,18). The van der Waals surface area contributed by atoms with Gasteiger partial charge in [0.1, 0.15) is 5.60 Å². The van der Waals surface area contributed by atoms with Crippen LogP contribution in [0.15, 0.2) is 0 Å². The van der Waals surface area contributed by atoms with Crippen molar-refractivity contribution < 1.29 is 19.0 Å². The van der Waals surface area contributed by atoms with E-state index in [0.717, 1.165) is 39.1 Å². The van der Waals surface area contributed by atoms with Crippen LogP contribution in [0.4, 0.5) is 4.79 Å². The SMILES string of the molecule is CC(C)(C)OC(=O)NCCC1OCC2(CCNCC2)CO1. The third-order valence-electron chi connectivity index (χ3n) is 3.86. The fourth-order valence-corrected chi connectivity index (χ4v) is 2.65. The van der Waals surface area contributed by atoms with E-state index in [2.05, 4.69) is 10.6 Å². The maximum Gasteiger partial charge on any atom is 0.407 e. The molecule has 122 valence electrons. The fourth-order valence-electron chi connectivity index (χ4n) is 2.65. The van der Waals surface area contributed by atoms with Gasteiger partial charge in [0, 0.05) is 18.4 Å². The van der Waals surface area contributed by atoms with Gasteiger partial charge < -0.3 is 24.8 Å². The lowest BCUT2D eigenvalue weighted by atomic mass is 9.80. The average molecular weight is 300 g/mol. The maximum absolute atomic E-state index is 11.5. The van der Waals surface area contributed by atoms with Gasteiger partial charge in [0.15, 0.2) is 6.29 Å². The number of hydrogen-bond acceptors (Lipinski definition) is 5. The Hall–Kier alpha value is -0.850. The minimum Gasteiger partial charge on any atom is -0.444 e. The van der Waals surface area contributed by atoms with E-state index < -0.39 is 11.7 Å². The van der Waals surface area contributed by atoms with Crippen molar-refractivity contribution in [1.82, 2.24) is 10.6 Å². The molecule has 0 aromatic rings. The zero-order valence-electron chi connectivity index (χ0n) is 13.4. The van der Waals surface area contributed by atoms with Crippen molar-refractivity contribution in [2.45, 2.75) is 51.9 Å². The molecule has 0 saturated carbocycles. The van der Waals surface area contributed by atoms with Crippen molar-refractivity contribution in [3.63, 3.8) is 0 Å². The Morgan fingerprint density at radius 2 is 1.90 bits per heavy atom. The summed E-state index contributed by atoms with van der Waals surface area (Å²) in [6.45, 7) is 9.62. The molecule has 0 aromatic carbocycles. The van der Waals surface area contributed by atoms with Gasteiger partial charge in [-0.25, -0.2) is 4.79 Å². The molecule has 6 nitrogen and oxygen atoms in total. The third kappa shape index (κ3) is 5.45. The number of piperidine rings is 1. The van der Waals surface area contributed by atoms with Crippen LogP contribution >= 0.6 is 0 Å². The van der Waals surface area contributed by atoms with Crippen LogP contribution in [0.5, 0.6) is 0 Å². The minimum absolute atomic E-state index is 0.195. The molecule has 2 fully saturated rings. The van der Waals surface area contributed by atoms with Gasteiger partial charge in [-0.05, 0) is 46.7 Å². The molecule has 0 aromatic heterocycles. The van der Waals surface area contributed by atoms with Crippen LogP contribution in [0, 0.1) is 5.41 Å². The second-order valence-corrected chi connectivity index (χ2v) is 7.02. The first kappa shape index (κ1) is 16.5. The molecule has 2 aliphatic heterocycles. The van der Waals surface area contributed by atoms with Gasteiger partial charge in [0.05, 0.1) is 13.2 Å². The van der Waals surface area contributed by atoms with Crippen molar-refractivity contribution in [3.05, 3.63) is 0 Å².